The van der Waals surface area contributed by atoms with Crippen LogP contribution in [-0.2, 0) is 0 Å². The van der Waals surface area contributed by atoms with E-state index in [9.17, 15) is 24.9 Å². The van der Waals surface area contributed by atoms with Crippen molar-refractivity contribution in [2.24, 2.45) is 0 Å². The van der Waals surface area contributed by atoms with Crippen molar-refractivity contribution in [1.29, 1.82) is 0 Å². The smallest absolute Gasteiger partial charge is 0.204 e. The van der Waals surface area contributed by atoms with E-state index < -0.39 is 17.0 Å². The fraction of sp³-hybridized carbons (Fsp3) is 0.0370. The van der Waals surface area contributed by atoms with Crippen LogP contribution in [0.25, 0.3) is 33.1 Å². The minimum absolute atomic E-state index is 0.00386. The van der Waals surface area contributed by atoms with E-state index in [-0.39, 0.29) is 55.9 Å². The van der Waals surface area contributed by atoms with Crippen LogP contribution in [0.4, 0.5) is 0 Å². The van der Waals surface area contributed by atoms with Crippen LogP contribution in [0.15, 0.2) is 82.0 Å². The average Bonchev–Trinajstić information content (AvgIpc) is 2.84. The van der Waals surface area contributed by atoms with E-state index in [1.165, 1.54) is 43.5 Å². The van der Waals surface area contributed by atoms with Gasteiger partial charge in [0, 0.05) is 17.2 Å². The quantitative estimate of drug-likeness (QED) is 0.259. The minimum atomic E-state index is -0.509. The van der Waals surface area contributed by atoms with Crippen molar-refractivity contribution in [3.05, 3.63) is 94.1 Å². The Kier molecular flexibility index (Phi) is 4.94. The molecule has 7 nitrogen and oxygen atoms in total. The number of carbonyl (C=O) groups excluding carboxylic acids is 1. The van der Waals surface area contributed by atoms with Crippen molar-refractivity contribution in [2.45, 2.75) is 0 Å². The number of benzene rings is 4. The van der Waals surface area contributed by atoms with Crippen LogP contribution < -0.4 is 10.2 Å². The molecule has 5 aromatic rings. The van der Waals surface area contributed by atoms with Crippen LogP contribution in [0.3, 0.4) is 0 Å². The molecular formula is C27H18O7. The van der Waals surface area contributed by atoms with Gasteiger partial charge >= 0.3 is 0 Å². The molecule has 1 aromatic heterocycles. The van der Waals surface area contributed by atoms with Gasteiger partial charge in [0.25, 0.3) is 0 Å². The van der Waals surface area contributed by atoms with E-state index in [4.69, 9.17) is 9.15 Å². The van der Waals surface area contributed by atoms with Crippen LogP contribution in [0.2, 0.25) is 0 Å². The summed E-state index contributed by atoms with van der Waals surface area (Å²) < 4.78 is 11.1. The maximum atomic E-state index is 13.2. The Morgan fingerprint density at radius 1 is 0.853 bits per heavy atom. The van der Waals surface area contributed by atoms with Crippen LogP contribution in [-0.4, -0.2) is 28.2 Å². The van der Waals surface area contributed by atoms with E-state index in [2.05, 4.69) is 0 Å². The highest BCUT2D eigenvalue weighted by Crippen LogP contribution is 2.45. The third-order valence-electron chi connectivity index (χ3n) is 5.70. The largest absolute Gasteiger partial charge is 0.507 e. The number of phenolic OH excluding ortho intramolecular Hbond substituents is 3. The first-order chi connectivity index (χ1) is 16.4. The first kappa shape index (κ1) is 21.1. The average molecular weight is 454 g/mol. The first-order valence-corrected chi connectivity index (χ1v) is 10.3. The van der Waals surface area contributed by atoms with Crippen LogP contribution in [0.1, 0.15) is 15.9 Å². The molecule has 3 N–H and O–H groups in total. The zero-order chi connectivity index (χ0) is 24.0. The lowest BCUT2D eigenvalue weighted by Crippen LogP contribution is -2.04. The van der Waals surface area contributed by atoms with E-state index in [1.54, 1.807) is 36.4 Å². The molecule has 7 heteroatoms. The highest BCUT2D eigenvalue weighted by atomic mass is 16.5. The Morgan fingerprint density at radius 2 is 1.62 bits per heavy atom. The molecular weight excluding hydrogens is 436 g/mol. The monoisotopic (exact) mass is 454 g/mol. The Balaban J connectivity index is 1.79. The zero-order valence-corrected chi connectivity index (χ0v) is 17.9. The van der Waals surface area contributed by atoms with Gasteiger partial charge in [0.2, 0.25) is 5.43 Å². The molecule has 0 fully saturated rings. The minimum Gasteiger partial charge on any atom is -0.507 e. The number of hydrogen-bond donors (Lipinski definition) is 3. The van der Waals surface area contributed by atoms with Gasteiger partial charge in [-0.3, -0.25) is 9.59 Å². The molecule has 0 unspecified atom stereocenters. The number of carbonyl (C=O) groups is 1. The number of phenols is 3. The maximum absolute atomic E-state index is 13.2. The lowest BCUT2D eigenvalue weighted by atomic mass is 9.94. The Hall–Kier alpha value is -4.78. The normalized spacial score (nSPS) is 11.1. The van der Waals surface area contributed by atoms with E-state index >= 15 is 0 Å². The molecule has 0 aliphatic rings. The van der Waals surface area contributed by atoms with Crippen molar-refractivity contribution in [1.82, 2.24) is 0 Å². The van der Waals surface area contributed by atoms with Gasteiger partial charge in [0.1, 0.15) is 39.6 Å². The standard InChI is InChI=1S/C27H18O7/c1-33-20-11-10-15(25(30)14-6-3-2-4-7-14)26(31)23(20)16-12-17-22(13-19(16)29)34-21-9-5-8-18(28)24(21)27(17)32/h2-13,28-29,31H,1H3. The molecule has 0 aliphatic carbocycles. The second-order valence-corrected chi connectivity index (χ2v) is 7.68. The van der Waals surface area contributed by atoms with Gasteiger partial charge in [-0.25, -0.2) is 0 Å². The van der Waals surface area contributed by atoms with Crippen LogP contribution in [0, 0.1) is 0 Å². The number of aromatic hydroxyl groups is 3. The Bertz CT molecular complexity index is 1650. The number of rotatable bonds is 4. The molecule has 0 aliphatic heterocycles. The lowest BCUT2D eigenvalue weighted by molar-refractivity contribution is 0.103. The van der Waals surface area contributed by atoms with Gasteiger partial charge < -0.3 is 24.5 Å². The molecule has 0 amide bonds. The molecule has 0 radical (unpaired) electrons. The van der Waals surface area contributed by atoms with Gasteiger partial charge in [-0.2, -0.15) is 0 Å². The van der Waals surface area contributed by atoms with Crippen LogP contribution in [0.5, 0.6) is 23.0 Å². The third kappa shape index (κ3) is 3.22. The molecule has 0 atom stereocenters. The molecule has 34 heavy (non-hydrogen) atoms. The molecule has 0 bridgehead atoms. The summed E-state index contributed by atoms with van der Waals surface area (Å²) >= 11 is 0. The molecule has 0 spiro atoms. The summed E-state index contributed by atoms with van der Waals surface area (Å²) in [4.78, 5) is 26.2. The highest BCUT2D eigenvalue weighted by molar-refractivity contribution is 6.12. The summed E-state index contributed by atoms with van der Waals surface area (Å²) in [7, 11) is 1.38. The molecule has 5 rings (SSSR count). The molecule has 0 saturated heterocycles. The number of methoxy groups -OCH3 is 1. The lowest BCUT2D eigenvalue weighted by Gasteiger charge is -2.15. The number of ketones is 1. The summed E-state index contributed by atoms with van der Waals surface area (Å²) in [5.41, 5.74) is 0.237. The van der Waals surface area contributed by atoms with Crippen LogP contribution >= 0.6 is 0 Å². The second-order valence-electron chi connectivity index (χ2n) is 7.68. The van der Waals surface area contributed by atoms with Gasteiger partial charge in [0.05, 0.1) is 23.6 Å². The van der Waals surface area contributed by atoms with Crippen molar-refractivity contribution in [2.75, 3.05) is 7.11 Å². The van der Waals surface area contributed by atoms with Crippen molar-refractivity contribution in [3.8, 4) is 34.1 Å². The van der Waals surface area contributed by atoms with Crippen molar-refractivity contribution in [3.63, 3.8) is 0 Å². The van der Waals surface area contributed by atoms with E-state index in [0.29, 0.717) is 5.56 Å². The summed E-state index contributed by atoms with van der Waals surface area (Å²) in [6.45, 7) is 0. The van der Waals surface area contributed by atoms with Gasteiger partial charge in [0.15, 0.2) is 5.78 Å². The van der Waals surface area contributed by atoms with Crippen molar-refractivity contribution < 1.29 is 29.3 Å². The predicted octanol–water partition coefficient (Wildman–Crippen LogP) is 4.97. The number of ether oxygens (including phenoxy) is 1. The topological polar surface area (TPSA) is 117 Å². The zero-order valence-electron chi connectivity index (χ0n) is 17.9. The fourth-order valence-corrected chi connectivity index (χ4v) is 4.05. The molecule has 168 valence electrons. The summed E-state index contributed by atoms with van der Waals surface area (Å²) in [6.07, 6.45) is 0. The molecule has 4 aromatic carbocycles. The fourth-order valence-electron chi connectivity index (χ4n) is 4.05. The SMILES string of the molecule is COc1ccc(C(=O)c2ccccc2)c(O)c1-c1cc2c(=O)c3c(O)cccc3oc2cc1O. The summed E-state index contributed by atoms with van der Waals surface area (Å²) in [6, 6.07) is 18.4. The van der Waals surface area contributed by atoms with Gasteiger partial charge in [-0.1, -0.05) is 36.4 Å². The van der Waals surface area contributed by atoms with Gasteiger partial charge in [-0.05, 0) is 30.3 Å². The second kappa shape index (κ2) is 7.97. The van der Waals surface area contributed by atoms with E-state index in [0.717, 1.165) is 0 Å². The first-order valence-electron chi connectivity index (χ1n) is 10.3. The maximum Gasteiger partial charge on any atom is 0.204 e. The Morgan fingerprint density at radius 3 is 2.35 bits per heavy atom. The van der Waals surface area contributed by atoms with Gasteiger partial charge in [-0.15, -0.1) is 0 Å². The van der Waals surface area contributed by atoms with Crippen molar-refractivity contribution >= 4 is 27.7 Å². The Labute approximate surface area is 192 Å². The number of fused-ring (bicyclic) bond motifs is 2. The molecule has 1 heterocycles. The molecule has 0 saturated carbocycles. The summed E-state index contributed by atoms with van der Waals surface area (Å²) in [5.74, 6) is -1.18. The highest BCUT2D eigenvalue weighted by Gasteiger charge is 2.24. The summed E-state index contributed by atoms with van der Waals surface area (Å²) in [5, 5.41) is 32.2. The number of hydrogen-bond acceptors (Lipinski definition) is 7. The predicted molar refractivity (Wildman–Crippen MR) is 127 cm³/mol. The van der Waals surface area contributed by atoms with E-state index in [1.807, 2.05) is 0 Å². The third-order valence-corrected chi connectivity index (χ3v) is 5.70.